The molecule has 0 aromatic heterocycles. The van der Waals surface area contributed by atoms with E-state index in [-0.39, 0.29) is 0 Å². The summed E-state index contributed by atoms with van der Waals surface area (Å²) in [5.41, 5.74) is -2.50. The third-order valence-corrected chi connectivity index (χ3v) is 2.24. The SMILES string of the molecule is CCC(C)(C(=O)OCC(C)O)C(F)(F)F. The van der Waals surface area contributed by atoms with Crippen LogP contribution >= 0.6 is 0 Å². The van der Waals surface area contributed by atoms with Gasteiger partial charge >= 0.3 is 12.1 Å². The molecule has 0 radical (unpaired) electrons. The second-order valence-corrected chi connectivity index (χ2v) is 3.63. The summed E-state index contributed by atoms with van der Waals surface area (Å²) in [5.74, 6) is -1.35. The summed E-state index contributed by atoms with van der Waals surface area (Å²) in [6.07, 6.45) is -6.00. The second kappa shape index (κ2) is 4.83. The van der Waals surface area contributed by atoms with Crippen LogP contribution < -0.4 is 0 Å². The highest BCUT2D eigenvalue weighted by Gasteiger charge is 2.56. The molecule has 0 saturated carbocycles. The molecule has 0 aromatic rings. The van der Waals surface area contributed by atoms with E-state index in [0.717, 1.165) is 6.92 Å². The number of alkyl halides is 3. The zero-order valence-electron chi connectivity index (χ0n) is 8.89. The average molecular weight is 228 g/mol. The molecule has 2 unspecified atom stereocenters. The standard InChI is InChI=1S/C9H15F3O3/c1-4-8(3,9(10,11)12)7(14)15-5-6(2)13/h6,13H,4-5H2,1-3H3. The molecule has 0 aliphatic heterocycles. The highest BCUT2D eigenvalue weighted by atomic mass is 19.4. The Bertz CT molecular complexity index is 225. The molecule has 0 aromatic carbocycles. The zero-order chi connectivity index (χ0) is 12.3. The smallest absolute Gasteiger partial charge is 0.404 e. The van der Waals surface area contributed by atoms with Crippen LogP contribution in [0.25, 0.3) is 0 Å². The lowest BCUT2D eigenvalue weighted by atomic mass is 9.87. The van der Waals surface area contributed by atoms with Crippen LogP contribution in [-0.4, -0.2) is 30.0 Å². The monoisotopic (exact) mass is 228 g/mol. The number of halogens is 3. The van der Waals surface area contributed by atoms with Crippen LogP contribution in [0.5, 0.6) is 0 Å². The minimum atomic E-state index is -4.64. The van der Waals surface area contributed by atoms with Gasteiger partial charge in [-0.3, -0.25) is 4.79 Å². The molecule has 6 heteroatoms. The van der Waals surface area contributed by atoms with Gasteiger partial charge in [-0.1, -0.05) is 6.92 Å². The molecule has 15 heavy (non-hydrogen) atoms. The Morgan fingerprint density at radius 2 is 1.93 bits per heavy atom. The van der Waals surface area contributed by atoms with E-state index < -0.39 is 36.7 Å². The number of aliphatic hydroxyl groups excluding tert-OH is 1. The van der Waals surface area contributed by atoms with Crippen molar-refractivity contribution < 1.29 is 27.8 Å². The number of aliphatic hydroxyl groups is 1. The van der Waals surface area contributed by atoms with E-state index in [1.165, 1.54) is 13.8 Å². The van der Waals surface area contributed by atoms with Crippen molar-refractivity contribution in [2.45, 2.75) is 39.5 Å². The lowest BCUT2D eigenvalue weighted by Gasteiger charge is -2.28. The van der Waals surface area contributed by atoms with E-state index in [1.807, 2.05) is 0 Å². The summed E-state index contributed by atoms with van der Waals surface area (Å²) in [4.78, 5) is 11.2. The molecule has 90 valence electrons. The van der Waals surface area contributed by atoms with Gasteiger partial charge < -0.3 is 9.84 Å². The maximum Gasteiger partial charge on any atom is 0.404 e. The molecule has 1 N–H and O–H groups in total. The van der Waals surface area contributed by atoms with Crippen molar-refractivity contribution in [3.05, 3.63) is 0 Å². The minimum absolute atomic E-state index is 0.394. The van der Waals surface area contributed by atoms with E-state index in [2.05, 4.69) is 4.74 Å². The molecule has 0 aliphatic carbocycles. The number of rotatable bonds is 4. The predicted molar refractivity (Wildman–Crippen MR) is 47.1 cm³/mol. The number of hydrogen-bond acceptors (Lipinski definition) is 3. The van der Waals surface area contributed by atoms with Crippen LogP contribution in [0.4, 0.5) is 13.2 Å². The van der Waals surface area contributed by atoms with Gasteiger partial charge in [-0.05, 0) is 20.3 Å². The van der Waals surface area contributed by atoms with Crippen molar-refractivity contribution in [1.29, 1.82) is 0 Å². The van der Waals surface area contributed by atoms with Gasteiger partial charge in [0.25, 0.3) is 0 Å². The number of carbonyl (C=O) groups is 1. The maximum atomic E-state index is 12.5. The molecule has 0 fully saturated rings. The number of carbonyl (C=O) groups excluding carboxylic acids is 1. The minimum Gasteiger partial charge on any atom is -0.462 e. The third-order valence-electron chi connectivity index (χ3n) is 2.24. The lowest BCUT2D eigenvalue weighted by molar-refractivity contribution is -0.231. The first-order chi connectivity index (χ1) is 6.65. The lowest BCUT2D eigenvalue weighted by Crippen LogP contribution is -2.43. The van der Waals surface area contributed by atoms with Crippen LogP contribution in [0.3, 0.4) is 0 Å². The number of hydrogen-bond donors (Lipinski definition) is 1. The first kappa shape index (κ1) is 14.2. The molecule has 0 spiro atoms. The molecule has 3 nitrogen and oxygen atoms in total. The first-order valence-corrected chi connectivity index (χ1v) is 4.57. The van der Waals surface area contributed by atoms with Gasteiger partial charge in [0.1, 0.15) is 6.61 Å². The van der Waals surface area contributed by atoms with E-state index in [0.29, 0.717) is 0 Å². The molecule has 0 heterocycles. The van der Waals surface area contributed by atoms with Crippen molar-refractivity contribution >= 4 is 5.97 Å². The summed E-state index contributed by atoms with van der Waals surface area (Å²) in [7, 11) is 0. The van der Waals surface area contributed by atoms with Crippen molar-refractivity contribution in [2.75, 3.05) is 6.61 Å². The van der Waals surface area contributed by atoms with Gasteiger partial charge in [0, 0.05) is 0 Å². The summed E-state index contributed by atoms with van der Waals surface area (Å²) >= 11 is 0. The molecule has 0 rings (SSSR count). The van der Waals surface area contributed by atoms with Crippen LogP contribution in [-0.2, 0) is 9.53 Å². The number of esters is 1. The highest BCUT2D eigenvalue weighted by Crippen LogP contribution is 2.41. The zero-order valence-corrected chi connectivity index (χ0v) is 8.89. The Morgan fingerprint density at radius 1 is 1.47 bits per heavy atom. The molecule has 0 amide bonds. The van der Waals surface area contributed by atoms with E-state index in [4.69, 9.17) is 5.11 Å². The average Bonchev–Trinajstić information content (AvgIpc) is 2.10. The Hall–Kier alpha value is -0.780. The fourth-order valence-corrected chi connectivity index (χ4v) is 0.816. The topological polar surface area (TPSA) is 46.5 Å². The van der Waals surface area contributed by atoms with Gasteiger partial charge in [-0.15, -0.1) is 0 Å². The van der Waals surface area contributed by atoms with Gasteiger partial charge in [0.2, 0.25) is 0 Å². The summed E-state index contributed by atoms with van der Waals surface area (Å²) in [6, 6.07) is 0. The van der Waals surface area contributed by atoms with Crippen LogP contribution in [0.2, 0.25) is 0 Å². The van der Waals surface area contributed by atoms with Crippen molar-refractivity contribution in [3.63, 3.8) is 0 Å². The first-order valence-electron chi connectivity index (χ1n) is 4.57. The summed E-state index contributed by atoms with van der Waals surface area (Å²) in [5, 5.41) is 8.78. The van der Waals surface area contributed by atoms with Crippen LogP contribution in [0.1, 0.15) is 27.2 Å². The van der Waals surface area contributed by atoms with E-state index >= 15 is 0 Å². The normalized spacial score (nSPS) is 18.1. The molecule has 0 saturated heterocycles. The largest absolute Gasteiger partial charge is 0.462 e. The van der Waals surface area contributed by atoms with Crippen molar-refractivity contribution in [3.8, 4) is 0 Å². The highest BCUT2D eigenvalue weighted by molar-refractivity contribution is 5.77. The van der Waals surface area contributed by atoms with Crippen molar-refractivity contribution in [2.24, 2.45) is 5.41 Å². The van der Waals surface area contributed by atoms with Gasteiger partial charge in [0.15, 0.2) is 5.41 Å². The maximum absolute atomic E-state index is 12.5. The third kappa shape index (κ3) is 3.37. The predicted octanol–water partition coefficient (Wildman–Crippen LogP) is 1.89. The Morgan fingerprint density at radius 3 is 2.20 bits per heavy atom. The van der Waals surface area contributed by atoms with Gasteiger partial charge in [0.05, 0.1) is 6.10 Å². The summed E-state index contributed by atoms with van der Waals surface area (Å²) in [6.45, 7) is 2.95. The summed E-state index contributed by atoms with van der Waals surface area (Å²) < 4.78 is 41.9. The van der Waals surface area contributed by atoms with Gasteiger partial charge in [-0.25, -0.2) is 0 Å². The number of ether oxygens (including phenoxy) is 1. The van der Waals surface area contributed by atoms with Crippen LogP contribution in [0, 0.1) is 5.41 Å². The van der Waals surface area contributed by atoms with Crippen molar-refractivity contribution in [1.82, 2.24) is 0 Å². The molecule has 2 atom stereocenters. The molecule has 0 aliphatic rings. The Kier molecular flexibility index (Phi) is 4.58. The quantitative estimate of drug-likeness (QED) is 0.747. The Balaban J connectivity index is 4.61. The van der Waals surface area contributed by atoms with E-state index in [9.17, 15) is 18.0 Å². The van der Waals surface area contributed by atoms with E-state index in [1.54, 1.807) is 0 Å². The van der Waals surface area contributed by atoms with Crippen LogP contribution in [0.15, 0.2) is 0 Å². The molecular formula is C9H15F3O3. The molecular weight excluding hydrogens is 213 g/mol. The fourth-order valence-electron chi connectivity index (χ4n) is 0.816. The van der Waals surface area contributed by atoms with Gasteiger partial charge in [-0.2, -0.15) is 13.2 Å². The fraction of sp³-hybridized carbons (Fsp3) is 0.889. The second-order valence-electron chi connectivity index (χ2n) is 3.63. The Labute approximate surface area is 86.2 Å². The molecule has 0 bridgehead atoms.